The average Bonchev–Trinajstić information content (AvgIpc) is 2.60. The van der Waals surface area contributed by atoms with E-state index >= 15 is 0 Å². The Labute approximate surface area is 138 Å². The van der Waals surface area contributed by atoms with Crippen molar-refractivity contribution in [3.05, 3.63) is 70.3 Å². The van der Waals surface area contributed by atoms with E-state index in [9.17, 15) is 9.59 Å². The standard InChI is InChI=1S/C19H15N3O2/c1-2-13-6-5-7-14(12-13)20-18(23)11-10-17-21-16-9-4-3-8-15(16)19(24)22-17/h1,3-9,12H,10-11H2,(H,20,23)(H,21,22,24). The smallest absolute Gasteiger partial charge is 0.258 e. The summed E-state index contributed by atoms with van der Waals surface area (Å²) in [6, 6.07) is 14.2. The van der Waals surface area contributed by atoms with E-state index in [2.05, 4.69) is 21.2 Å². The number of amides is 1. The summed E-state index contributed by atoms with van der Waals surface area (Å²) in [4.78, 5) is 31.1. The van der Waals surface area contributed by atoms with Crippen LogP contribution < -0.4 is 10.9 Å². The summed E-state index contributed by atoms with van der Waals surface area (Å²) in [6.45, 7) is 0. The number of fused-ring (bicyclic) bond motifs is 1. The Hall–Kier alpha value is -3.39. The maximum atomic E-state index is 12.1. The van der Waals surface area contributed by atoms with Gasteiger partial charge in [-0.15, -0.1) is 6.42 Å². The molecule has 0 atom stereocenters. The highest BCUT2D eigenvalue weighted by molar-refractivity contribution is 5.91. The van der Waals surface area contributed by atoms with Crippen molar-refractivity contribution >= 4 is 22.5 Å². The van der Waals surface area contributed by atoms with Crippen LogP contribution in [0, 0.1) is 12.3 Å². The van der Waals surface area contributed by atoms with Crippen LogP contribution >= 0.6 is 0 Å². The maximum absolute atomic E-state index is 12.1. The van der Waals surface area contributed by atoms with Crippen LogP contribution in [0.15, 0.2) is 53.3 Å². The highest BCUT2D eigenvalue weighted by Crippen LogP contribution is 2.11. The molecule has 2 aromatic carbocycles. The van der Waals surface area contributed by atoms with E-state index in [0.29, 0.717) is 34.4 Å². The van der Waals surface area contributed by atoms with Crippen LogP contribution in [0.1, 0.15) is 17.8 Å². The first-order chi connectivity index (χ1) is 11.7. The Morgan fingerprint density at radius 3 is 2.88 bits per heavy atom. The summed E-state index contributed by atoms with van der Waals surface area (Å²) in [5.74, 6) is 2.85. The van der Waals surface area contributed by atoms with Crippen molar-refractivity contribution in [2.75, 3.05) is 5.32 Å². The molecule has 0 fully saturated rings. The number of hydrogen-bond donors (Lipinski definition) is 2. The first kappa shape index (κ1) is 15.5. The number of carbonyl (C=O) groups excluding carboxylic acids is 1. The Morgan fingerprint density at radius 2 is 2.04 bits per heavy atom. The van der Waals surface area contributed by atoms with Crippen molar-refractivity contribution in [1.29, 1.82) is 0 Å². The van der Waals surface area contributed by atoms with Crippen molar-refractivity contribution in [3.8, 4) is 12.3 Å². The Morgan fingerprint density at radius 1 is 1.21 bits per heavy atom. The first-order valence-electron chi connectivity index (χ1n) is 7.50. The molecule has 0 aliphatic heterocycles. The summed E-state index contributed by atoms with van der Waals surface area (Å²) in [6.07, 6.45) is 5.90. The highest BCUT2D eigenvalue weighted by Gasteiger charge is 2.07. The van der Waals surface area contributed by atoms with Crippen molar-refractivity contribution in [1.82, 2.24) is 9.97 Å². The average molecular weight is 317 g/mol. The molecule has 0 aliphatic rings. The molecule has 0 radical (unpaired) electrons. The number of aromatic nitrogens is 2. The molecule has 1 heterocycles. The van der Waals surface area contributed by atoms with Gasteiger partial charge in [-0.05, 0) is 30.3 Å². The summed E-state index contributed by atoms with van der Waals surface area (Å²) in [7, 11) is 0. The second-order valence-electron chi connectivity index (χ2n) is 5.30. The fourth-order valence-corrected chi connectivity index (χ4v) is 2.40. The number of rotatable bonds is 4. The SMILES string of the molecule is C#Cc1cccc(NC(=O)CCc2nc3ccccc3c(=O)[nH]2)c1. The van der Waals surface area contributed by atoms with E-state index in [0.717, 1.165) is 0 Å². The van der Waals surface area contributed by atoms with E-state index in [1.54, 1.807) is 42.5 Å². The van der Waals surface area contributed by atoms with Gasteiger partial charge in [0.1, 0.15) is 5.82 Å². The van der Waals surface area contributed by atoms with Crippen LogP contribution in [0.25, 0.3) is 10.9 Å². The number of aryl methyl sites for hydroxylation is 1. The third kappa shape index (κ3) is 3.50. The minimum Gasteiger partial charge on any atom is -0.326 e. The van der Waals surface area contributed by atoms with Crippen LogP contribution in [0.2, 0.25) is 0 Å². The van der Waals surface area contributed by atoms with E-state index in [4.69, 9.17) is 6.42 Å². The largest absolute Gasteiger partial charge is 0.326 e. The molecule has 3 aromatic rings. The zero-order chi connectivity index (χ0) is 16.9. The lowest BCUT2D eigenvalue weighted by molar-refractivity contribution is -0.116. The molecular weight excluding hydrogens is 302 g/mol. The molecule has 2 N–H and O–H groups in total. The van der Waals surface area contributed by atoms with Gasteiger partial charge in [-0.1, -0.05) is 24.1 Å². The van der Waals surface area contributed by atoms with Gasteiger partial charge in [-0.2, -0.15) is 0 Å². The van der Waals surface area contributed by atoms with Gasteiger partial charge in [-0.25, -0.2) is 4.98 Å². The lowest BCUT2D eigenvalue weighted by Gasteiger charge is -2.06. The van der Waals surface area contributed by atoms with Gasteiger partial charge in [0.15, 0.2) is 0 Å². The number of hydrogen-bond acceptors (Lipinski definition) is 3. The predicted octanol–water partition coefficient (Wildman–Crippen LogP) is 2.48. The van der Waals surface area contributed by atoms with Gasteiger partial charge in [0.25, 0.3) is 5.56 Å². The lowest BCUT2D eigenvalue weighted by atomic mass is 10.2. The number of terminal acetylenes is 1. The molecule has 0 unspecified atom stereocenters. The van der Waals surface area contributed by atoms with Crippen LogP contribution in [-0.2, 0) is 11.2 Å². The zero-order valence-corrected chi connectivity index (χ0v) is 12.9. The number of benzene rings is 2. The van der Waals surface area contributed by atoms with Gasteiger partial charge in [0.05, 0.1) is 10.9 Å². The summed E-state index contributed by atoms with van der Waals surface area (Å²) < 4.78 is 0. The molecule has 24 heavy (non-hydrogen) atoms. The molecule has 5 nitrogen and oxygen atoms in total. The molecular formula is C19H15N3O2. The number of nitrogens with one attached hydrogen (secondary N) is 2. The van der Waals surface area contributed by atoms with Gasteiger partial charge < -0.3 is 10.3 Å². The highest BCUT2D eigenvalue weighted by atomic mass is 16.1. The van der Waals surface area contributed by atoms with E-state index < -0.39 is 0 Å². The third-order valence-electron chi connectivity index (χ3n) is 3.56. The Kier molecular flexibility index (Phi) is 4.39. The van der Waals surface area contributed by atoms with Gasteiger partial charge in [0, 0.05) is 24.1 Å². The van der Waals surface area contributed by atoms with Crippen LogP contribution in [-0.4, -0.2) is 15.9 Å². The Bertz CT molecular complexity index is 999. The first-order valence-corrected chi connectivity index (χ1v) is 7.50. The minimum absolute atomic E-state index is 0.167. The van der Waals surface area contributed by atoms with Crippen LogP contribution in [0.3, 0.4) is 0 Å². The third-order valence-corrected chi connectivity index (χ3v) is 3.56. The topological polar surface area (TPSA) is 74.8 Å². The molecule has 0 spiro atoms. The second kappa shape index (κ2) is 6.80. The fraction of sp³-hybridized carbons (Fsp3) is 0.105. The monoisotopic (exact) mass is 317 g/mol. The Balaban J connectivity index is 1.68. The number of anilines is 1. The predicted molar refractivity (Wildman–Crippen MR) is 93.7 cm³/mol. The normalized spacial score (nSPS) is 10.3. The molecule has 1 amide bonds. The molecule has 1 aromatic heterocycles. The summed E-state index contributed by atoms with van der Waals surface area (Å²) in [5, 5.41) is 3.32. The summed E-state index contributed by atoms with van der Waals surface area (Å²) >= 11 is 0. The van der Waals surface area contributed by atoms with Crippen LogP contribution in [0.5, 0.6) is 0 Å². The quantitative estimate of drug-likeness (QED) is 0.726. The van der Waals surface area contributed by atoms with Gasteiger partial charge >= 0.3 is 0 Å². The minimum atomic E-state index is -0.197. The summed E-state index contributed by atoms with van der Waals surface area (Å²) in [5.41, 5.74) is 1.78. The second-order valence-corrected chi connectivity index (χ2v) is 5.30. The van der Waals surface area contributed by atoms with Crippen molar-refractivity contribution in [2.45, 2.75) is 12.8 Å². The molecule has 0 saturated carbocycles. The molecule has 0 saturated heterocycles. The maximum Gasteiger partial charge on any atom is 0.258 e. The molecule has 0 bridgehead atoms. The van der Waals surface area contributed by atoms with Crippen molar-refractivity contribution < 1.29 is 4.79 Å². The van der Waals surface area contributed by atoms with Crippen LogP contribution in [0.4, 0.5) is 5.69 Å². The van der Waals surface area contributed by atoms with E-state index in [-0.39, 0.29) is 17.9 Å². The molecule has 0 aliphatic carbocycles. The fourth-order valence-electron chi connectivity index (χ4n) is 2.40. The number of aromatic amines is 1. The number of para-hydroxylation sites is 1. The van der Waals surface area contributed by atoms with Crippen molar-refractivity contribution in [3.63, 3.8) is 0 Å². The molecule has 3 rings (SSSR count). The van der Waals surface area contributed by atoms with E-state index in [1.807, 2.05) is 6.07 Å². The van der Waals surface area contributed by atoms with Crippen molar-refractivity contribution in [2.24, 2.45) is 0 Å². The molecule has 5 heteroatoms. The number of carbonyl (C=O) groups is 1. The number of nitrogens with zero attached hydrogens (tertiary/aromatic N) is 1. The zero-order valence-electron chi connectivity index (χ0n) is 12.9. The molecule has 118 valence electrons. The van der Waals surface area contributed by atoms with Gasteiger partial charge in [-0.3, -0.25) is 9.59 Å². The van der Waals surface area contributed by atoms with Gasteiger partial charge in [0.2, 0.25) is 5.91 Å². The van der Waals surface area contributed by atoms with E-state index in [1.165, 1.54) is 0 Å². The number of H-pyrrole nitrogens is 1. The lowest BCUT2D eigenvalue weighted by Crippen LogP contribution is -2.16.